The molecule has 1 aliphatic rings. The van der Waals surface area contributed by atoms with E-state index in [9.17, 15) is 4.79 Å². The quantitative estimate of drug-likeness (QED) is 0.409. The average molecular weight is 357 g/mol. The molecule has 2 aromatic rings. The Bertz CT molecular complexity index is 963. The first kappa shape index (κ1) is 16.7. The van der Waals surface area contributed by atoms with Crippen LogP contribution in [0.2, 0.25) is 5.02 Å². The van der Waals surface area contributed by atoms with Gasteiger partial charge in [0, 0.05) is 22.5 Å². The van der Waals surface area contributed by atoms with Gasteiger partial charge in [-0.25, -0.2) is 0 Å². The van der Waals surface area contributed by atoms with Gasteiger partial charge in [0.1, 0.15) is 11.3 Å². The van der Waals surface area contributed by atoms with Gasteiger partial charge in [0.2, 0.25) is 0 Å². The van der Waals surface area contributed by atoms with Crippen molar-refractivity contribution in [1.82, 2.24) is 10.2 Å². The summed E-state index contributed by atoms with van der Waals surface area (Å²) in [5.41, 5.74) is 27.1. The molecule has 0 unspecified atom stereocenters. The number of anilines is 2. The molecule has 9 N–H and O–H groups in total. The van der Waals surface area contributed by atoms with E-state index in [1.807, 2.05) is 0 Å². The number of benzene rings is 1. The normalized spacial score (nSPS) is 13.6. The lowest BCUT2D eigenvalue weighted by molar-refractivity contribution is 0.100. The summed E-state index contributed by atoms with van der Waals surface area (Å²) in [5, 5.41) is 6.75. The Labute approximate surface area is 149 Å². The Morgan fingerprint density at radius 1 is 1.20 bits per heavy atom. The van der Waals surface area contributed by atoms with Gasteiger partial charge in [-0.3, -0.25) is 9.89 Å². The molecule has 0 atom stereocenters. The number of H-pyrrole nitrogens is 1. The van der Waals surface area contributed by atoms with E-state index in [0.717, 1.165) is 36.1 Å². The van der Waals surface area contributed by atoms with E-state index in [4.69, 9.17) is 34.5 Å². The number of carbonyl (C=O) groups is 1. The van der Waals surface area contributed by atoms with E-state index in [2.05, 4.69) is 22.0 Å². The minimum atomic E-state index is -0.708. The van der Waals surface area contributed by atoms with E-state index in [1.54, 1.807) is 12.1 Å². The number of rotatable bonds is 2. The van der Waals surface area contributed by atoms with Crippen molar-refractivity contribution < 1.29 is 4.79 Å². The highest BCUT2D eigenvalue weighted by Gasteiger charge is 2.18. The van der Waals surface area contributed by atoms with Crippen molar-refractivity contribution in [2.45, 2.75) is 19.3 Å². The molecule has 8 heteroatoms. The molecule has 0 bridgehead atoms. The predicted octanol–water partition coefficient (Wildman–Crippen LogP) is 1.58. The van der Waals surface area contributed by atoms with Crippen molar-refractivity contribution >= 4 is 34.6 Å². The van der Waals surface area contributed by atoms with Gasteiger partial charge >= 0.3 is 0 Å². The number of nitrogens with two attached hydrogens (primary N) is 4. The lowest BCUT2D eigenvalue weighted by Crippen LogP contribution is -2.13. The molecule has 1 amide bonds. The van der Waals surface area contributed by atoms with Crippen molar-refractivity contribution in [1.29, 1.82) is 0 Å². The summed E-state index contributed by atoms with van der Waals surface area (Å²) in [4.78, 5) is 11.4. The Balaban J connectivity index is 2.00. The van der Waals surface area contributed by atoms with Crippen molar-refractivity contribution in [3.8, 4) is 11.8 Å². The molecule has 0 spiro atoms. The van der Waals surface area contributed by atoms with Crippen LogP contribution in [0.4, 0.5) is 11.5 Å². The van der Waals surface area contributed by atoms with Gasteiger partial charge in [0.05, 0.1) is 5.02 Å². The fourth-order valence-corrected chi connectivity index (χ4v) is 3.06. The number of nitrogens with zero attached hydrogens (tertiary/aromatic N) is 1. The highest BCUT2D eigenvalue weighted by molar-refractivity contribution is 6.32. The molecule has 3 rings (SSSR count). The summed E-state index contributed by atoms with van der Waals surface area (Å²) < 4.78 is 0. The third-order valence-corrected chi connectivity index (χ3v) is 4.40. The summed E-state index contributed by atoms with van der Waals surface area (Å²) in [6.07, 6.45) is 2.76. The largest absolute Gasteiger partial charge is 0.402 e. The number of hydrogen-bond donors (Lipinski definition) is 5. The molecule has 0 radical (unpaired) electrons. The van der Waals surface area contributed by atoms with Crippen LogP contribution in [0.25, 0.3) is 5.57 Å². The molecule has 0 saturated carbocycles. The number of nitrogens with one attached hydrogen (secondary N) is 1. The molecule has 128 valence electrons. The number of allylic oxidation sites excluding steroid dienone is 2. The summed E-state index contributed by atoms with van der Waals surface area (Å²) in [6, 6.07) is 3.46. The van der Waals surface area contributed by atoms with Gasteiger partial charge in [0.15, 0.2) is 5.82 Å². The molecular formula is C17H17ClN6O. The number of aromatic nitrogens is 2. The minimum Gasteiger partial charge on any atom is -0.402 e. The molecule has 0 saturated heterocycles. The van der Waals surface area contributed by atoms with Crippen LogP contribution in [0, 0.1) is 11.8 Å². The lowest BCUT2D eigenvalue weighted by Gasteiger charge is -2.10. The number of amides is 1. The molecule has 1 aromatic heterocycles. The van der Waals surface area contributed by atoms with Gasteiger partial charge in [-0.15, -0.1) is 0 Å². The fraction of sp³-hybridized carbons (Fsp3) is 0.176. The van der Waals surface area contributed by atoms with Gasteiger partial charge in [-0.1, -0.05) is 17.5 Å². The first-order chi connectivity index (χ1) is 11.9. The third kappa shape index (κ3) is 3.12. The van der Waals surface area contributed by atoms with Gasteiger partial charge in [-0.05, 0) is 42.9 Å². The lowest BCUT2D eigenvalue weighted by atomic mass is 10.0. The molecule has 1 heterocycles. The minimum absolute atomic E-state index is 0.00130. The van der Waals surface area contributed by atoms with Crippen LogP contribution < -0.4 is 22.9 Å². The Kier molecular flexibility index (Phi) is 4.30. The summed E-state index contributed by atoms with van der Waals surface area (Å²) >= 11 is 6.34. The van der Waals surface area contributed by atoms with Gasteiger partial charge in [0.25, 0.3) is 5.91 Å². The Morgan fingerprint density at radius 2 is 1.96 bits per heavy atom. The highest BCUT2D eigenvalue weighted by atomic mass is 35.5. The summed E-state index contributed by atoms with van der Waals surface area (Å²) in [5.74, 6) is 4.93. The van der Waals surface area contributed by atoms with Gasteiger partial charge in [-0.2, -0.15) is 5.10 Å². The van der Waals surface area contributed by atoms with E-state index in [1.165, 1.54) is 0 Å². The van der Waals surface area contributed by atoms with Crippen LogP contribution in [0.3, 0.4) is 0 Å². The Hall–Kier alpha value is -3.11. The van der Waals surface area contributed by atoms with Crippen LogP contribution >= 0.6 is 11.6 Å². The van der Waals surface area contributed by atoms with Crippen molar-refractivity contribution in [2.75, 3.05) is 11.5 Å². The maximum absolute atomic E-state index is 11.4. The zero-order valence-electron chi connectivity index (χ0n) is 13.3. The van der Waals surface area contributed by atoms with Crippen molar-refractivity contribution in [3.63, 3.8) is 0 Å². The molecule has 0 fully saturated rings. The first-order valence-corrected chi connectivity index (χ1v) is 7.98. The number of hydrogen-bond acceptors (Lipinski definition) is 5. The number of halogens is 1. The predicted molar refractivity (Wildman–Crippen MR) is 98.3 cm³/mol. The molecule has 25 heavy (non-hydrogen) atoms. The van der Waals surface area contributed by atoms with E-state index >= 15 is 0 Å². The maximum Gasteiger partial charge on any atom is 0.255 e. The second-order valence-electron chi connectivity index (χ2n) is 5.75. The van der Waals surface area contributed by atoms with Crippen molar-refractivity contribution in [2.24, 2.45) is 11.5 Å². The maximum atomic E-state index is 11.4. The first-order valence-electron chi connectivity index (χ1n) is 7.61. The highest BCUT2D eigenvalue weighted by Crippen LogP contribution is 2.36. The van der Waals surface area contributed by atoms with E-state index in [0.29, 0.717) is 16.3 Å². The van der Waals surface area contributed by atoms with Crippen LogP contribution in [0.5, 0.6) is 0 Å². The topological polar surface area (TPSA) is 150 Å². The fourth-order valence-electron chi connectivity index (χ4n) is 2.85. The summed E-state index contributed by atoms with van der Waals surface area (Å²) in [6.45, 7) is 0. The summed E-state index contributed by atoms with van der Waals surface area (Å²) in [7, 11) is 0. The van der Waals surface area contributed by atoms with Gasteiger partial charge < -0.3 is 22.9 Å². The average Bonchev–Trinajstić information content (AvgIpc) is 3.13. The second-order valence-corrected chi connectivity index (χ2v) is 6.16. The molecule has 7 nitrogen and oxygen atoms in total. The van der Waals surface area contributed by atoms with Crippen LogP contribution in [0.15, 0.2) is 17.8 Å². The smallest absolute Gasteiger partial charge is 0.255 e. The van der Waals surface area contributed by atoms with E-state index in [-0.39, 0.29) is 17.1 Å². The zero-order chi connectivity index (χ0) is 18.1. The Morgan fingerprint density at radius 3 is 2.60 bits per heavy atom. The number of carbonyl (C=O) groups excluding carboxylic acids is 1. The number of aromatic amines is 1. The molecule has 1 aromatic carbocycles. The third-order valence-electron chi connectivity index (χ3n) is 4.09. The SMILES string of the molecule is NC(=O)c1c(N)n[nH]c1C#Cc1cc(N)c(C2=C(N)CCC2)cc1Cl. The number of primary amides is 1. The zero-order valence-corrected chi connectivity index (χ0v) is 14.1. The second kappa shape index (κ2) is 6.42. The molecule has 0 aliphatic heterocycles. The van der Waals surface area contributed by atoms with Crippen LogP contribution in [0.1, 0.15) is 46.4 Å². The monoisotopic (exact) mass is 356 g/mol. The van der Waals surface area contributed by atoms with Crippen LogP contribution in [-0.4, -0.2) is 16.1 Å². The molecule has 1 aliphatic carbocycles. The standard InChI is InChI=1S/C17H17ClN6O/c18-11-7-10(9-2-1-3-12(9)19)13(20)6-8(11)4-5-14-15(17(22)25)16(21)24-23-14/h6-7H,1-3,19-20H2,(H2,22,25)(H3,21,23,24). The van der Waals surface area contributed by atoms with Crippen molar-refractivity contribution in [3.05, 3.63) is 45.2 Å². The number of nitrogen functional groups attached to an aromatic ring is 2. The molecular weight excluding hydrogens is 340 g/mol. The van der Waals surface area contributed by atoms with Crippen LogP contribution in [-0.2, 0) is 0 Å². The van der Waals surface area contributed by atoms with E-state index < -0.39 is 5.91 Å².